The molecule has 7 heteroatoms. The predicted octanol–water partition coefficient (Wildman–Crippen LogP) is 3.48. The van der Waals surface area contributed by atoms with Gasteiger partial charge < -0.3 is 10.1 Å². The molecule has 3 amide bonds. The molecule has 5 nitrogen and oxygen atoms in total. The third-order valence-electron chi connectivity index (χ3n) is 3.93. The number of urea groups is 1. The summed E-state index contributed by atoms with van der Waals surface area (Å²) in [5.74, 6) is 0.145. The van der Waals surface area contributed by atoms with Gasteiger partial charge in [-0.15, -0.1) is 0 Å². The van der Waals surface area contributed by atoms with Gasteiger partial charge >= 0.3 is 6.03 Å². The van der Waals surface area contributed by atoms with Crippen molar-refractivity contribution in [2.45, 2.75) is 32.2 Å². The second-order valence-corrected chi connectivity index (χ2v) is 5.89. The number of halogens is 2. The Bertz CT molecular complexity index is 568. The average Bonchev–Trinajstić information content (AvgIpc) is 2.74. The lowest BCUT2D eigenvalue weighted by molar-refractivity contribution is -0.131. The highest BCUT2D eigenvalue weighted by Crippen LogP contribution is 2.32. The van der Waals surface area contributed by atoms with Gasteiger partial charge in [-0.2, -0.15) is 0 Å². The van der Waals surface area contributed by atoms with Crippen LogP contribution in [0.5, 0.6) is 5.75 Å². The number of carbonyl (C=O) groups is 2. The number of hydrogen-bond acceptors (Lipinski definition) is 3. The zero-order chi connectivity index (χ0) is 16.3. The van der Waals surface area contributed by atoms with Crippen molar-refractivity contribution in [1.82, 2.24) is 10.2 Å². The van der Waals surface area contributed by atoms with E-state index >= 15 is 0 Å². The van der Waals surface area contributed by atoms with Crippen molar-refractivity contribution in [3.8, 4) is 5.75 Å². The van der Waals surface area contributed by atoms with Crippen molar-refractivity contribution in [2.75, 3.05) is 13.2 Å². The monoisotopic (exact) mass is 344 g/mol. The molecular formula is C15H18Cl2N2O3. The van der Waals surface area contributed by atoms with E-state index in [-0.39, 0.29) is 25.1 Å². The van der Waals surface area contributed by atoms with Gasteiger partial charge in [-0.05, 0) is 25.0 Å². The molecule has 22 heavy (non-hydrogen) atoms. The molecule has 1 fully saturated rings. The van der Waals surface area contributed by atoms with Crippen LogP contribution in [0.4, 0.5) is 4.79 Å². The van der Waals surface area contributed by atoms with E-state index in [9.17, 15) is 9.59 Å². The first kappa shape index (κ1) is 16.9. The second kappa shape index (κ2) is 6.75. The number of nitrogens with zero attached hydrogens (tertiary/aromatic N) is 1. The van der Waals surface area contributed by atoms with Crippen molar-refractivity contribution in [2.24, 2.45) is 0 Å². The van der Waals surface area contributed by atoms with Gasteiger partial charge in [0.15, 0.2) is 5.75 Å². The van der Waals surface area contributed by atoms with Crippen LogP contribution in [0, 0.1) is 0 Å². The Morgan fingerprint density at radius 1 is 1.18 bits per heavy atom. The van der Waals surface area contributed by atoms with Gasteiger partial charge in [-0.25, -0.2) is 4.79 Å². The van der Waals surface area contributed by atoms with Crippen molar-refractivity contribution in [3.63, 3.8) is 0 Å². The number of carbonyl (C=O) groups excluding carboxylic acids is 2. The van der Waals surface area contributed by atoms with Crippen LogP contribution in [0.25, 0.3) is 0 Å². The second-order valence-electron chi connectivity index (χ2n) is 5.08. The highest BCUT2D eigenvalue weighted by atomic mass is 35.5. The summed E-state index contributed by atoms with van der Waals surface area (Å²) in [7, 11) is 0. The Hall–Kier alpha value is -1.46. The zero-order valence-electron chi connectivity index (χ0n) is 12.5. The van der Waals surface area contributed by atoms with Gasteiger partial charge in [0.25, 0.3) is 5.91 Å². The number of hydrogen-bond donors (Lipinski definition) is 1. The molecule has 0 spiro atoms. The van der Waals surface area contributed by atoms with Crippen LogP contribution in [0.2, 0.25) is 10.0 Å². The van der Waals surface area contributed by atoms with E-state index in [0.717, 1.165) is 0 Å². The van der Waals surface area contributed by atoms with Crippen molar-refractivity contribution in [1.29, 1.82) is 0 Å². The molecule has 0 unspecified atom stereocenters. The fourth-order valence-electron chi connectivity index (χ4n) is 2.47. The van der Waals surface area contributed by atoms with Crippen LogP contribution in [0.1, 0.15) is 26.7 Å². The van der Waals surface area contributed by atoms with E-state index in [2.05, 4.69) is 5.32 Å². The first-order valence-corrected chi connectivity index (χ1v) is 7.91. The molecule has 0 atom stereocenters. The average molecular weight is 345 g/mol. The van der Waals surface area contributed by atoms with Gasteiger partial charge in [0, 0.05) is 0 Å². The molecule has 0 aromatic heterocycles. The van der Waals surface area contributed by atoms with Gasteiger partial charge in [-0.1, -0.05) is 43.1 Å². The first-order chi connectivity index (χ1) is 10.4. The standard InChI is InChI=1S/C15H18Cl2N2O3/c1-3-15(4-2)13(20)19(14(21)18-15)8-9-22-12-10(16)6-5-7-11(12)17/h5-7H,3-4,8-9H2,1-2H3,(H,18,21). The largest absolute Gasteiger partial charge is 0.489 e. The van der Waals surface area contributed by atoms with Crippen LogP contribution in [0.3, 0.4) is 0 Å². The maximum atomic E-state index is 12.4. The summed E-state index contributed by atoms with van der Waals surface area (Å²) in [6, 6.07) is 4.65. The number of ether oxygens (including phenoxy) is 1. The number of rotatable bonds is 6. The van der Waals surface area contributed by atoms with Gasteiger partial charge in [0.1, 0.15) is 12.1 Å². The first-order valence-electron chi connectivity index (χ1n) is 7.16. The van der Waals surface area contributed by atoms with Crippen LogP contribution in [-0.2, 0) is 4.79 Å². The Labute approximate surface area is 139 Å². The molecule has 2 rings (SSSR count). The summed E-state index contributed by atoms with van der Waals surface area (Å²) in [6.45, 7) is 4.04. The van der Waals surface area contributed by atoms with Gasteiger partial charge in [0.05, 0.1) is 16.6 Å². The van der Waals surface area contributed by atoms with E-state index in [0.29, 0.717) is 28.6 Å². The molecule has 1 aliphatic heterocycles. The summed E-state index contributed by atoms with van der Waals surface area (Å²) in [4.78, 5) is 25.6. The van der Waals surface area contributed by atoms with Gasteiger partial charge in [0.2, 0.25) is 0 Å². The van der Waals surface area contributed by atoms with E-state index in [1.807, 2.05) is 13.8 Å². The van der Waals surface area contributed by atoms with E-state index in [1.54, 1.807) is 18.2 Å². The van der Waals surface area contributed by atoms with Crippen molar-refractivity contribution in [3.05, 3.63) is 28.2 Å². The minimum absolute atomic E-state index is 0.131. The summed E-state index contributed by atoms with van der Waals surface area (Å²) >= 11 is 12.0. The number of para-hydroxylation sites is 1. The Morgan fingerprint density at radius 3 is 2.27 bits per heavy atom. The van der Waals surface area contributed by atoms with Crippen molar-refractivity contribution >= 4 is 35.1 Å². The number of imide groups is 1. The summed E-state index contributed by atoms with van der Waals surface area (Å²) < 4.78 is 5.52. The highest BCUT2D eigenvalue weighted by molar-refractivity contribution is 6.37. The molecule has 120 valence electrons. The summed E-state index contributed by atoms with van der Waals surface area (Å²) in [5, 5.41) is 3.55. The number of amides is 3. The molecule has 1 aromatic rings. The Kier molecular flexibility index (Phi) is 5.19. The number of benzene rings is 1. The zero-order valence-corrected chi connectivity index (χ0v) is 14.0. The third-order valence-corrected chi connectivity index (χ3v) is 4.53. The minimum atomic E-state index is -0.793. The Morgan fingerprint density at radius 2 is 1.77 bits per heavy atom. The molecule has 0 saturated carbocycles. The fourth-order valence-corrected chi connectivity index (χ4v) is 2.97. The van der Waals surface area contributed by atoms with Crippen LogP contribution in [0.15, 0.2) is 18.2 Å². The lowest BCUT2D eigenvalue weighted by Gasteiger charge is -2.23. The molecule has 1 saturated heterocycles. The predicted molar refractivity (Wildman–Crippen MR) is 85.5 cm³/mol. The van der Waals surface area contributed by atoms with E-state index in [1.165, 1.54) is 4.90 Å². The molecule has 0 aliphatic carbocycles. The maximum Gasteiger partial charge on any atom is 0.325 e. The SMILES string of the molecule is CCC1(CC)NC(=O)N(CCOc2c(Cl)cccc2Cl)C1=O. The summed E-state index contributed by atoms with van der Waals surface area (Å²) in [5.41, 5.74) is -0.793. The maximum absolute atomic E-state index is 12.4. The number of nitrogens with one attached hydrogen (secondary N) is 1. The van der Waals surface area contributed by atoms with Crippen molar-refractivity contribution < 1.29 is 14.3 Å². The van der Waals surface area contributed by atoms with Crippen LogP contribution in [-0.4, -0.2) is 35.5 Å². The molecule has 0 radical (unpaired) electrons. The quantitative estimate of drug-likeness (QED) is 0.803. The third kappa shape index (κ3) is 3.01. The van der Waals surface area contributed by atoms with E-state index in [4.69, 9.17) is 27.9 Å². The molecule has 1 heterocycles. The lowest BCUT2D eigenvalue weighted by Crippen LogP contribution is -2.46. The molecule has 1 aliphatic rings. The topological polar surface area (TPSA) is 58.6 Å². The molecule has 0 bridgehead atoms. The smallest absolute Gasteiger partial charge is 0.325 e. The van der Waals surface area contributed by atoms with Crippen LogP contribution >= 0.6 is 23.2 Å². The highest BCUT2D eigenvalue weighted by Gasteiger charge is 2.48. The summed E-state index contributed by atoms with van der Waals surface area (Å²) in [6.07, 6.45) is 1.11. The minimum Gasteiger partial charge on any atom is -0.489 e. The van der Waals surface area contributed by atoms with E-state index < -0.39 is 5.54 Å². The Balaban J connectivity index is 2.00. The van der Waals surface area contributed by atoms with Crippen LogP contribution < -0.4 is 10.1 Å². The molecule has 1 aromatic carbocycles. The van der Waals surface area contributed by atoms with Gasteiger partial charge in [-0.3, -0.25) is 9.69 Å². The lowest BCUT2D eigenvalue weighted by atomic mass is 9.93. The molecule has 1 N–H and O–H groups in total. The normalized spacial score (nSPS) is 16.8. The fraction of sp³-hybridized carbons (Fsp3) is 0.467. The molecular weight excluding hydrogens is 327 g/mol.